The standard InChI is InChI=1S/C16H21BrN2O2/c1-5-9(2)14-16(21)19(11(4)15(20)18-14)13-8-6-7-12(17)10(13)3/h6-9,11,14H,5H2,1-4H3,(H,18,20). The topological polar surface area (TPSA) is 49.4 Å². The third-order valence-corrected chi connectivity index (χ3v) is 5.14. The van der Waals surface area contributed by atoms with Crippen molar-refractivity contribution in [3.05, 3.63) is 28.2 Å². The molecule has 3 atom stereocenters. The lowest BCUT2D eigenvalue weighted by Crippen LogP contribution is -2.64. The molecular weight excluding hydrogens is 332 g/mol. The normalized spacial score (nSPS) is 24.0. The fraction of sp³-hybridized carbons (Fsp3) is 0.500. The fourth-order valence-electron chi connectivity index (χ4n) is 2.60. The number of nitrogens with one attached hydrogen (secondary N) is 1. The van der Waals surface area contributed by atoms with Gasteiger partial charge < -0.3 is 5.32 Å². The van der Waals surface area contributed by atoms with Crippen LogP contribution in [0.3, 0.4) is 0 Å². The molecule has 1 aromatic rings. The Morgan fingerprint density at radius 2 is 2.05 bits per heavy atom. The average Bonchev–Trinajstić information content (AvgIpc) is 2.46. The minimum absolute atomic E-state index is 0.0300. The Bertz CT molecular complexity index is 573. The lowest BCUT2D eigenvalue weighted by atomic mass is 9.94. The molecule has 2 amide bonds. The van der Waals surface area contributed by atoms with E-state index in [1.165, 1.54) is 0 Å². The van der Waals surface area contributed by atoms with E-state index in [1.807, 2.05) is 39.0 Å². The van der Waals surface area contributed by atoms with Crippen molar-refractivity contribution < 1.29 is 9.59 Å². The van der Waals surface area contributed by atoms with E-state index in [4.69, 9.17) is 0 Å². The number of benzene rings is 1. The minimum atomic E-state index is -0.495. The lowest BCUT2D eigenvalue weighted by Gasteiger charge is -2.40. The van der Waals surface area contributed by atoms with Gasteiger partial charge in [0, 0.05) is 10.2 Å². The first-order valence-electron chi connectivity index (χ1n) is 7.27. The van der Waals surface area contributed by atoms with Crippen molar-refractivity contribution in [3.8, 4) is 0 Å². The summed E-state index contributed by atoms with van der Waals surface area (Å²) in [5, 5.41) is 2.86. The summed E-state index contributed by atoms with van der Waals surface area (Å²) in [6.07, 6.45) is 0.844. The van der Waals surface area contributed by atoms with Crippen molar-refractivity contribution in [2.45, 2.75) is 46.2 Å². The molecule has 0 radical (unpaired) electrons. The van der Waals surface area contributed by atoms with Gasteiger partial charge >= 0.3 is 0 Å². The summed E-state index contributed by atoms with van der Waals surface area (Å²) in [5.41, 5.74) is 1.76. The molecule has 4 nitrogen and oxygen atoms in total. The summed E-state index contributed by atoms with van der Waals surface area (Å²) in [4.78, 5) is 26.7. The van der Waals surface area contributed by atoms with Crippen molar-refractivity contribution in [2.75, 3.05) is 4.90 Å². The Hall–Kier alpha value is -1.36. The number of hydrogen-bond acceptors (Lipinski definition) is 2. The summed E-state index contributed by atoms with van der Waals surface area (Å²) in [5.74, 6) is -0.0131. The van der Waals surface area contributed by atoms with Crippen LogP contribution in [0, 0.1) is 12.8 Å². The van der Waals surface area contributed by atoms with Crippen molar-refractivity contribution in [2.24, 2.45) is 5.92 Å². The molecule has 2 rings (SSSR count). The van der Waals surface area contributed by atoms with Crippen molar-refractivity contribution in [1.82, 2.24) is 5.32 Å². The number of nitrogens with zero attached hydrogens (tertiary/aromatic N) is 1. The molecular formula is C16H21BrN2O2. The molecule has 1 aliphatic rings. The van der Waals surface area contributed by atoms with Gasteiger partial charge in [-0.25, -0.2) is 0 Å². The Labute approximate surface area is 134 Å². The van der Waals surface area contributed by atoms with Gasteiger partial charge in [-0.2, -0.15) is 0 Å². The Balaban J connectivity index is 2.46. The number of halogens is 1. The maximum absolute atomic E-state index is 12.8. The molecule has 0 spiro atoms. The molecule has 1 fully saturated rings. The van der Waals surface area contributed by atoms with Gasteiger partial charge in [-0.05, 0) is 37.5 Å². The molecule has 0 aromatic heterocycles. The van der Waals surface area contributed by atoms with E-state index >= 15 is 0 Å². The summed E-state index contributed by atoms with van der Waals surface area (Å²) in [6, 6.07) is 4.77. The first-order chi connectivity index (χ1) is 9.88. The molecule has 1 aromatic carbocycles. The largest absolute Gasteiger partial charge is 0.342 e. The van der Waals surface area contributed by atoms with Crippen LogP contribution < -0.4 is 10.2 Å². The molecule has 0 bridgehead atoms. The third-order valence-electron chi connectivity index (χ3n) is 4.28. The van der Waals surface area contributed by atoms with Crippen molar-refractivity contribution in [3.63, 3.8) is 0 Å². The van der Waals surface area contributed by atoms with Crippen LogP contribution in [0.4, 0.5) is 5.69 Å². The lowest BCUT2D eigenvalue weighted by molar-refractivity contribution is -0.134. The number of carbonyl (C=O) groups excluding carboxylic acids is 2. The molecule has 1 aliphatic heterocycles. The van der Waals surface area contributed by atoms with Crippen LogP contribution in [-0.2, 0) is 9.59 Å². The van der Waals surface area contributed by atoms with Gasteiger partial charge in [0.05, 0.1) is 0 Å². The number of hydrogen-bond donors (Lipinski definition) is 1. The quantitative estimate of drug-likeness (QED) is 0.908. The third kappa shape index (κ3) is 2.84. The van der Waals surface area contributed by atoms with Crippen LogP contribution in [0.2, 0.25) is 0 Å². The number of amides is 2. The van der Waals surface area contributed by atoms with E-state index in [0.29, 0.717) is 0 Å². The maximum Gasteiger partial charge on any atom is 0.250 e. The molecule has 114 valence electrons. The number of carbonyl (C=O) groups is 2. The van der Waals surface area contributed by atoms with E-state index in [9.17, 15) is 9.59 Å². The van der Waals surface area contributed by atoms with Crippen LogP contribution in [-0.4, -0.2) is 23.9 Å². The second-order valence-electron chi connectivity index (χ2n) is 5.64. The highest BCUT2D eigenvalue weighted by atomic mass is 79.9. The maximum atomic E-state index is 12.8. The Kier molecular flexibility index (Phi) is 4.71. The molecule has 21 heavy (non-hydrogen) atoms. The summed E-state index contributed by atoms with van der Waals surface area (Å²) in [6.45, 7) is 7.73. The first kappa shape index (κ1) is 16.0. The van der Waals surface area contributed by atoms with Gasteiger partial charge in [0.15, 0.2) is 0 Å². The molecule has 5 heteroatoms. The van der Waals surface area contributed by atoms with Gasteiger partial charge in [0.25, 0.3) is 5.91 Å². The van der Waals surface area contributed by atoms with Crippen LogP contribution in [0.5, 0.6) is 0 Å². The monoisotopic (exact) mass is 352 g/mol. The van der Waals surface area contributed by atoms with E-state index in [0.717, 1.165) is 22.1 Å². The predicted octanol–water partition coefficient (Wildman–Crippen LogP) is 3.02. The molecule has 0 saturated carbocycles. The van der Waals surface area contributed by atoms with Gasteiger partial charge in [-0.15, -0.1) is 0 Å². The number of rotatable bonds is 3. The van der Waals surface area contributed by atoms with Crippen LogP contribution in [0.15, 0.2) is 22.7 Å². The highest BCUT2D eigenvalue weighted by Gasteiger charge is 2.41. The van der Waals surface area contributed by atoms with Crippen molar-refractivity contribution in [1.29, 1.82) is 0 Å². The zero-order valence-electron chi connectivity index (χ0n) is 12.8. The van der Waals surface area contributed by atoms with E-state index < -0.39 is 12.1 Å². The Morgan fingerprint density at radius 3 is 2.67 bits per heavy atom. The van der Waals surface area contributed by atoms with Crippen LogP contribution in [0.25, 0.3) is 0 Å². The minimum Gasteiger partial charge on any atom is -0.342 e. The predicted molar refractivity (Wildman–Crippen MR) is 87.2 cm³/mol. The van der Waals surface area contributed by atoms with Gasteiger partial charge in [0.2, 0.25) is 5.91 Å². The second kappa shape index (κ2) is 6.18. The molecule has 0 aliphatic carbocycles. The number of anilines is 1. The first-order valence-corrected chi connectivity index (χ1v) is 8.06. The zero-order chi connectivity index (χ0) is 15.7. The Morgan fingerprint density at radius 1 is 1.38 bits per heavy atom. The number of piperazine rings is 1. The fourth-order valence-corrected chi connectivity index (χ4v) is 2.96. The summed E-state index contributed by atoms with van der Waals surface area (Å²) in [7, 11) is 0. The summed E-state index contributed by atoms with van der Waals surface area (Å²) >= 11 is 3.49. The highest BCUT2D eigenvalue weighted by molar-refractivity contribution is 9.10. The van der Waals surface area contributed by atoms with E-state index in [2.05, 4.69) is 21.2 Å². The van der Waals surface area contributed by atoms with Gasteiger partial charge in [-0.3, -0.25) is 14.5 Å². The highest BCUT2D eigenvalue weighted by Crippen LogP contribution is 2.31. The van der Waals surface area contributed by atoms with E-state index in [1.54, 1.807) is 11.8 Å². The van der Waals surface area contributed by atoms with E-state index in [-0.39, 0.29) is 17.7 Å². The van der Waals surface area contributed by atoms with Crippen molar-refractivity contribution >= 4 is 33.4 Å². The van der Waals surface area contributed by atoms with Crippen LogP contribution >= 0.6 is 15.9 Å². The van der Waals surface area contributed by atoms with Gasteiger partial charge in [0.1, 0.15) is 12.1 Å². The molecule has 1 heterocycles. The summed E-state index contributed by atoms with van der Waals surface area (Å²) < 4.78 is 0.936. The average molecular weight is 353 g/mol. The molecule has 1 N–H and O–H groups in total. The zero-order valence-corrected chi connectivity index (χ0v) is 14.4. The molecule has 3 unspecified atom stereocenters. The second-order valence-corrected chi connectivity index (χ2v) is 6.49. The van der Waals surface area contributed by atoms with Gasteiger partial charge in [-0.1, -0.05) is 42.3 Å². The molecule has 1 saturated heterocycles. The smallest absolute Gasteiger partial charge is 0.250 e. The van der Waals surface area contributed by atoms with Crippen LogP contribution in [0.1, 0.15) is 32.8 Å². The SMILES string of the molecule is CCC(C)C1NC(=O)C(C)N(c2cccc(Br)c2C)C1=O.